The predicted octanol–water partition coefficient (Wildman–Crippen LogP) is 0.382. The highest BCUT2D eigenvalue weighted by Gasteiger charge is 2.29. The van der Waals surface area contributed by atoms with Crippen LogP contribution in [0.4, 0.5) is 0 Å². The smallest absolute Gasteiger partial charge is 0.305 e. The normalized spacial score (nSPS) is 12.5. The lowest BCUT2D eigenvalue weighted by Gasteiger charge is -2.25. The van der Waals surface area contributed by atoms with Gasteiger partial charge in [-0.25, -0.2) is 0 Å². The maximum Gasteiger partial charge on any atom is 0.305 e. The standard InChI is InChI=1S/C20H27N3O7/c1-12(2)17(20(30)21-11-10-16(26)27)23-19(29)14(8-9-15(24)25)22-18(28)13-6-4-3-5-7-13/h3-7,12,14,17H,8-11H2,1-2H3,(H,21,30)(H,22,28)(H,23,29)(H,24,25)(H,26,27)/t14-,17-/m0/s1. The lowest BCUT2D eigenvalue weighted by atomic mass is 10.0. The van der Waals surface area contributed by atoms with Crippen molar-refractivity contribution in [1.82, 2.24) is 16.0 Å². The van der Waals surface area contributed by atoms with E-state index >= 15 is 0 Å². The zero-order valence-electron chi connectivity index (χ0n) is 16.9. The Kier molecular flexibility index (Phi) is 10.0. The number of hydrogen-bond donors (Lipinski definition) is 5. The maximum absolute atomic E-state index is 12.7. The highest BCUT2D eigenvalue weighted by atomic mass is 16.4. The molecule has 0 bridgehead atoms. The first-order valence-corrected chi connectivity index (χ1v) is 9.49. The number of rotatable bonds is 12. The van der Waals surface area contributed by atoms with E-state index in [4.69, 9.17) is 10.2 Å². The van der Waals surface area contributed by atoms with Crippen molar-refractivity contribution in [3.05, 3.63) is 35.9 Å². The summed E-state index contributed by atoms with van der Waals surface area (Å²) in [5.41, 5.74) is 0.303. The molecule has 2 atom stereocenters. The third-order valence-corrected chi connectivity index (χ3v) is 4.19. The first kappa shape index (κ1) is 24.6. The van der Waals surface area contributed by atoms with Crippen molar-refractivity contribution in [2.75, 3.05) is 6.54 Å². The Balaban J connectivity index is 2.86. The number of carboxylic acid groups (broad SMARTS) is 2. The van der Waals surface area contributed by atoms with E-state index in [-0.39, 0.29) is 31.7 Å². The molecule has 0 spiro atoms. The van der Waals surface area contributed by atoms with Gasteiger partial charge in [0.2, 0.25) is 11.8 Å². The molecule has 1 aromatic rings. The third-order valence-electron chi connectivity index (χ3n) is 4.19. The summed E-state index contributed by atoms with van der Waals surface area (Å²) in [6, 6.07) is 5.98. The van der Waals surface area contributed by atoms with Crippen molar-refractivity contribution < 1.29 is 34.2 Å². The molecule has 5 N–H and O–H groups in total. The van der Waals surface area contributed by atoms with Crippen LogP contribution < -0.4 is 16.0 Å². The van der Waals surface area contributed by atoms with Gasteiger partial charge in [0, 0.05) is 18.5 Å². The molecule has 0 saturated carbocycles. The second-order valence-electron chi connectivity index (χ2n) is 6.99. The van der Waals surface area contributed by atoms with Crippen molar-refractivity contribution in [3.63, 3.8) is 0 Å². The van der Waals surface area contributed by atoms with Crippen LogP contribution in [0.1, 0.15) is 43.5 Å². The first-order chi connectivity index (χ1) is 14.1. The number of aliphatic carboxylic acids is 2. The molecule has 0 aromatic heterocycles. The van der Waals surface area contributed by atoms with E-state index in [1.54, 1.807) is 44.2 Å². The first-order valence-electron chi connectivity index (χ1n) is 9.49. The van der Waals surface area contributed by atoms with E-state index in [0.717, 1.165) is 0 Å². The molecule has 30 heavy (non-hydrogen) atoms. The summed E-state index contributed by atoms with van der Waals surface area (Å²) < 4.78 is 0. The van der Waals surface area contributed by atoms with Crippen molar-refractivity contribution in [2.24, 2.45) is 5.92 Å². The van der Waals surface area contributed by atoms with Crippen LogP contribution in [-0.4, -0.2) is 58.5 Å². The number of hydrogen-bond acceptors (Lipinski definition) is 5. The summed E-state index contributed by atoms with van der Waals surface area (Å²) >= 11 is 0. The molecule has 1 rings (SSSR count). The third kappa shape index (κ3) is 8.72. The van der Waals surface area contributed by atoms with Crippen LogP contribution in [0.2, 0.25) is 0 Å². The van der Waals surface area contributed by atoms with Gasteiger partial charge in [0.05, 0.1) is 6.42 Å². The Morgan fingerprint density at radius 1 is 0.867 bits per heavy atom. The molecule has 0 unspecified atom stereocenters. The van der Waals surface area contributed by atoms with Crippen molar-refractivity contribution in [3.8, 4) is 0 Å². The second-order valence-corrected chi connectivity index (χ2v) is 6.99. The van der Waals surface area contributed by atoms with E-state index in [1.165, 1.54) is 0 Å². The largest absolute Gasteiger partial charge is 0.481 e. The monoisotopic (exact) mass is 421 g/mol. The molecular weight excluding hydrogens is 394 g/mol. The molecule has 0 saturated heterocycles. The molecule has 0 fully saturated rings. The van der Waals surface area contributed by atoms with E-state index in [1.807, 2.05) is 0 Å². The van der Waals surface area contributed by atoms with Gasteiger partial charge in [-0.05, 0) is 24.5 Å². The number of carboxylic acids is 2. The van der Waals surface area contributed by atoms with Crippen LogP contribution >= 0.6 is 0 Å². The zero-order valence-corrected chi connectivity index (χ0v) is 16.9. The van der Waals surface area contributed by atoms with Crippen molar-refractivity contribution in [1.29, 1.82) is 0 Å². The quantitative estimate of drug-likeness (QED) is 0.326. The van der Waals surface area contributed by atoms with E-state index in [2.05, 4.69) is 16.0 Å². The molecule has 0 aliphatic rings. The molecule has 0 heterocycles. The number of carbonyl (C=O) groups excluding carboxylic acids is 3. The SMILES string of the molecule is CC(C)[C@H](NC(=O)[C@H](CCC(=O)O)NC(=O)c1ccccc1)C(=O)NCCC(=O)O. The van der Waals surface area contributed by atoms with Gasteiger partial charge in [-0.1, -0.05) is 32.0 Å². The topological polar surface area (TPSA) is 162 Å². The molecule has 0 radical (unpaired) electrons. The van der Waals surface area contributed by atoms with Crippen LogP contribution in [-0.2, 0) is 19.2 Å². The number of benzene rings is 1. The highest BCUT2D eigenvalue weighted by Crippen LogP contribution is 2.07. The van der Waals surface area contributed by atoms with Gasteiger partial charge in [-0.2, -0.15) is 0 Å². The molecule has 1 aromatic carbocycles. The average Bonchev–Trinajstić information content (AvgIpc) is 2.68. The Bertz CT molecular complexity index is 765. The minimum Gasteiger partial charge on any atom is -0.481 e. The Morgan fingerprint density at radius 2 is 1.47 bits per heavy atom. The van der Waals surface area contributed by atoms with Gasteiger partial charge in [-0.3, -0.25) is 24.0 Å². The highest BCUT2D eigenvalue weighted by molar-refractivity contribution is 5.98. The summed E-state index contributed by atoms with van der Waals surface area (Å²) in [5.74, 6) is -4.35. The van der Waals surface area contributed by atoms with Gasteiger partial charge in [0.25, 0.3) is 5.91 Å². The van der Waals surface area contributed by atoms with Crippen LogP contribution in [0.5, 0.6) is 0 Å². The molecule has 3 amide bonds. The number of carbonyl (C=O) groups is 5. The Labute approximate surface area is 174 Å². The Hall–Kier alpha value is -3.43. The van der Waals surface area contributed by atoms with Gasteiger partial charge in [0.1, 0.15) is 12.1 Å². The summed E-state index contributed by atoms with van der Waals surface area (Å²) in [7, 11) is 0. The van der Waals surface area contributed by atoms with E-state index in [9.17, 15) is 24.0 Å². The average molecular weight is 421 g/mol. The second kappa shape index (κ2) is 12.2. The van der Waals surface area contributed by atoms with Crippen LogP contribution in [0.3, 0.4) is 0 Å². The Morgan fingerprint density at radius 3 is 2.00 bits per heavy atom. The molecule has 164 valence electrons. The number of amides is 3. The summed E-state index contributed by atoms with van der Waals surface area (Å²) in [5, 5.41) is 25.1. The minimum absolute atomic E-state index is 0.0968. The summed E-state index contributed by atoms with van der Waals surface area (Å²) in [4.78, 5) is 59.0. The lowest BCUT2D eigenvalue weighted by molar-refractivity contribution is -0.138. The molecule has 0 aliphatic carbocycles. The summed E-state index contributed by atoms with van der Waals surface area (Å²) in [6.07, 6.45) is -0.783. The zero-order chi connectivity index (χ0) is 22.7. The molecular formula is C20H27N3O7. The van der Waals surface area contributed by atoms with Crippen LogP contribution in [0, 0.1) is 5.92 Å². The van der Waals surface area contributed by atoms with E-state index in [0.29, 0.717) is 5.56 Å². The van der Waals surface area contributed by atoms with Gasteiger partial charge >= 0.3 is 11.9 Å². The van der Waals surface area contributed by atoms with E-state index < -0.39 is 41.7 Å². The van der Waals surface area contributed by atoms with Gasteiger partial charge in [-0.15, -0.1) is 0 Å². The fraction of sp³-hybridized carbons (Fsp3) is 0.450. The fourth-order valence-corrected chi connectivity index (χ4v) is 2.56. The fourth-order valence-electron chi connectivity index (χ4n) is 2.56. The summed E-state index contributed by atoms with van der Waals surface area (Å²) in [6.45, 7) is 3.29. The molecule has 0 aliphatic heterocycles. The van der Waals surface area contributed by atoms with Gasteiger partial charge < -0.3 is 26.2 Å². The lowest BCUT2D eigenvalue weighted by Crippen LogP contribution is -2.55. The number of nitrogens with one attached hydrogen (secondary N) is 3. The minimum atomic E-state index is -1.16. The van der Waals surface area contributed by atoms with Gasteiger partial charge in [0.15, 0.2) is 0 Å². The molecule has 10 heteroatoms. The van der Waals surface area contributed by atoms with Crippen molar-refractivity contribution >= 4 is 29.7 Å². The van der Waals surface area contributed by atoms with Crippen LogP contribution in [0.25, 0.3) is 0 Å². The van der Waals surface area contributed by atoms with Crippen LogP contribution in [0.15, 0.2) is 30.3 Å². The van der Waals surface area contributed by atoms with Crippen molar-refractivity contribution in [2.45, 2.75) is 45.2 Å². The maximum atomic E-state index is 12.7. The predicted molar refractivity (Wildman–Crippen MR) is 107 cm³/mol. The molecule has 10 nitrogen and oxygen atoms in total.